The Labute approximate surface area is 94.1 Å². The Morgan fingerprint density at radius 1 is 1.56 bits per heavy atom. The number of hydrogen-bond acceptors (Lipinski definition) is 4. The maximum Gasteiger partial charge on any atom is 0.243 e. The number of aliphatic hydroxyl groups is 1. The third kappa shape index (κ3) is 2.14. The highest BCUT2D eigenvalue weighted by molar-refractivity contribution is 5.49. The van der Waals surface area contributed by atoms with Crippen molar-refractivity contribution in [2.24, 2.45) is 0 Å². The van der Waals surface area contributed by atoms with E-state index < -0.39 is 0 Å². The average molecular weight is 220 g/mol. The molecule has 0 amide bonds. The van der Waals surface area contributed by atoms with E-state index in [9.17, 15) is 0 Å². The molecule has 0 spiro atoms. The summed E-state index contributed by atoms with van der Waals surface area (Å²) in [6.45, 7) is 4.17. The molecule has 0 aromatic carbocycles. The van der Waals surface area contributed by atoms with Gasteiger partial charge in [0.1, 0.15) is 0 Å². The summed E-state index contributed by atoms with van der Waals surface area (Å²) >= 11 is 0. The van der Waals surface area contributed by atoms with E-state index >= 15 is 0 Å². The quantitative estimate of drug-likeness (QED) is 0.813. The molecule has 5 heteroatoms. The summed E-state index contributed by atoms with van der Waals surface area (Å²) in [6, 6.07) is 4.12. The fourth-order valence-electron chi connectivity index (χ4n) is 1.59. The molecule has 2 aromatic heterocycles. The van der Waals surface area contributed by atoms with E-state index in [0.29, 0.717) is 12.4 Å². The molecule has 5 nitrogen and oxygen atoms in total. The Balaban J connectivity index is 2.23. The molecular weight excluding hydrogens is 204 g/mol. The van der Waals surface area contributed by atoms with Crippen LogP contribution < -0.4 is 5.32 Å². The average Bonchev–Trinajstić information content (AvgIpc) is 2.62. The topological polar surface area (TPSA) is 62.5 Å². The lowest BCUT2D eigenvalue weighted by molar-refractivity contribution is 0.282. The molecule has 0 bridgehead atoms. The Kier molecular flexibility index (Phi) is 3.05. The fraction of sp³-hybridized carbons (Fsp3) is 0.455. The van der Waals surface area contributed by atoms with Gasteiger partial charge < -0.3 is 10.4 Å². The van der Waals surface area contributed by atoms with Gasteiger partial charge in [-0.25, -0.2) is 4.52 Å². The third-order valence-electron chi connectivity index (χ3n) is 2.50. The summed E-state index contributed by atoms with van der Waals surface area (Å²) in [6.07, 6.45) is 2.56. The number of nitrogens with one attached hydrogen (secondary N) is 1. The minimum Gasteiger partial charge on any atom is -0.396 e. The van der Waals surface area contributed by atoms with E-state index in [0.717, 1.165) is 11.2 Å². The monoisotopic (exact) mass is 220 g/mol. The van der Waals surface area contributed by atoms with Crippen LogP contribution in [0.4, 0.5) is 5.95 Å². The number of hydrogen-bond donors (Lipinski definition) is 2. The second-order valence-corrected chi connectivity index (χ2v) is 3.95. The van der Waals surface area contributed by atoms with Crippen LogP contribution >= 0.6 is 0 Å². The van der Waals surface area contributed by atoms with Crippen LogP contribution in [0, 0.1) is 6.92 Å². The van der Waals surface area contributed by atoms with Gasteiger partial charge in [0.25, 0.3) is 0 Å². The van der Waals surface area contributed by atoms with Gasteiger partial charge in [-0.3, -0.25) is 0 Å². The molecule has 0 aliphatic heterocycles. The van der Waals surface area contributed by atoms with Crippen LogP contribution in [0.15, 0.2) is 18.3 Å². The first-order chi connectivity index (χ1) is 7.70. The van der Waals surface area contributed by atoms with Crippen molar-refractivity contribution in [1.29, 1.82) is 0 Å². The molecule has 0 saturated heterocycles. The van der Waals surface area contributed by atoms with Crippen molar-refractivity contribution in [2.45, 2.75) is 26.3 Å². The van der Waals surface area contributed by atoms with Gasteiger partial charge >= 0.3 is 0 Å². The zero-order valence-corrected chi connectivity index (χ0v) is 9.51. The van der Waals surface area contributed by atoms with Crippen LogP contribution in [-0.4, -0.2) is 32.4 Å². The third-order valence-corrected chi connectivity index (χ3v) is 2.50. The molecule has 2 N–H and O–H groups in total. The number of fused-ring (bicyclic) bond motifs is 1. The Hall–Kier alpha value is -1.62. The molecule has 1 atom stereocenters. The smallest absolute Gasteiger partial charge is 0.243 e. The Morgan fingerprint density at radius 3 is 3.06 bits per heavy atom. The van der Waals surface area contributed by atoms with Gasteiger partial charge in [0.2, 0.25) is 5.95 Å². The number of pyridine rings is 1. The molecule has 2 rings (SSSR count). The molecule has 0 aliphatic carbocycles. The molecule has 0 aliphatic rings. The highest BCUT2D eigenvalue weighted by Gasteiger charge is 2.07. The molecule has 2 aromatic rings. The van der Waals surface area contributed by atoms with Crippen molar-refractivity contribution in [3.05, 3.63) is 23.9 Å². The zero-order chi connectivity index (χ0) is 11.5. The van der Waals surface area contributed by atoms with Crippen molar-refractivity contribution >= 4 is 11.6 Å². The van der Waals surface area contributed by atoms with Gasteiger partial charge in [-0.05, 0) is 31.9 Å². The molecule has 2 heterocycles. The number of rotatable bonds is 4. The molecule has 0 saturated carbocycles. The summed E-state index contributed by atoms with van der Waals surface area (Å²) in [7, 11) is 0. The predicted octanol–water partition coefficient (Wildman–Crippen LogP) is 1.22. The van der Waals surface area contributed by atoms with Gasteiger partial charge in [-0.15, -0.1) is 5.10 Å². The minimum absolute atomic E-state index is 0.167. The summed E-state index contributed by atoms with van der Waals surface area (Å²) in [4.78, 5) is 4.39. The van der Waals surface area contributed by atoms with Gasteiger partial charge in [-0.2, -0.15) is 4.98 Å². The lowest BCUT2D eigenvalue weighted by Gasteiger charge is -2.09. The van der Waals surface area contributed by atoms with Crippen LogP contribution in [-0.2, 0) is 0 Å². The lowest BCUT2D eigenvalue weighted by atomic mass is 10.2. The molecule has 16 heavy (non-hydrogen) atoms. The Morgan fingerprint density at radius 2 is 2.38 bits per heavy atom. The Bertz CT molecular complexity index is 480. The van der Waals surface area contributed by atoms with Gasteiger partial charge in [0.05, 0.1) is 0 Å². The minimum atomic E-state index is 0.167. The van der Waals surface area contributed by atoms with Crippen molar-refractivity contribution in [3.63, 3.8) is 0 Å². The zero-order valence-electron chi connectivity index (χ0n) is 9.51. The predicted molar refractivity (Wildman–Crippen MR) is 62.5 cm³/mol. The van der Waals surface area contributed by atoms with E-state index in [4.69, 9.17) is 5.11 Å². The lowest BCUT2D eigenvalue weighted by Crippen LogP contribution is -2.17. The molecule has 86 valence electrons. The van der Waals surface area contributed by atoms with Crippen LogP contribution in [0.1, 0.15) is 18.9 Å². The highest BCUT2D eigenvalue weighted by atomic mass is 16.3. The summed E-state index contributed by atoms with van der Waals surface area (Å²) in [5.41, 5.74) is 1.96. The maximum atomic E-state index is 8.81. The first-order valence-electron chi connectivity index (χ1n) is 5.40. The van der Waals surface area contributed by atoms with Crippen LogP contribution in [0.5, 0.6) is 0 Å². The van der Waals surface area contributed by atoms with E-state index in [1.165, 1.54) is 0 Å². The number of aliphatic hydroxyl groups excluding tert-OH is 1. The molecule has 0 fully saturated rings. The summed E-state index contributed by atoms with van der Waals surface area (Å²) in [5.74, 6) is 0.607. The van der Waals surface area contributed by atoms with Crippen molar-refractivity contribution in [1.82, 2.24) is 14.6 Å². The normalized spacial score (nSPS) is 12.9. The van der Waals surface area contributed by atoms with Crippen molar-refractivity contribution in [2.75, 3.05) is 11.9 Å². The first-order valence-corrected chi connectivity index (χ1v) is 5.40. The number of nitrogens with zero attached hydrogens (tertiary/aromatic N) is 3. The van der Waals surface area contributed by atoms with Crippen molar-refractivity contribution in [3.8, 4) is 0 Å². The van der Waals surface area contributed by atoms with Gasteiger partial charge in [0.15, 0.2) is 5.65 Å². The van der Waals surface area contributed by atoms with E-state index in [-0.39, 0.29) is 12.6 Å². The van der Waals surface area contributed by atoms with Gasteiger partial charge in [-0.1, -0.05) is 6.07 Å². The number of aromatic nitrogens is 3. The second-order valence-electron chi connectivity index (χ2n) is 3.95. The highest BCUT2D eigenvalue weighted by Crippen LogP contribution is 2.10. The number of aryl methyl sites for hydroxylation is 1. The van der Waals surface area contributed by atoms with Crippen LogP contribution in [0.2, 0.25) is 0 Å². The van der Waals surface area contributed by atoms with E-state index in [1.54, 1.807) is 4.52 Å². The van der Waals surface area contributed by atoms with Crippen molar-refractivity contribution < 1.29 is 5.11 Å². The first kappa shape index (κ1) is 10.9. The standard InChI is InChI=1S/C11H16N4O/c1-8-4-3-6-15-10(8)13-11(14-15)12-9(2)5-7-16/h3-4,6,9,16H,5,7H2,1-2H3,(H,12,14). The summed E-state index contributed by atoms with van der Waals surface area (Å²) in [5, 5.41) is 16.3. The van der Waals surface area contributed by atoms with E-state index in [1.807, 2.05) is 32.2 Å². The fourth-order valence-corrected chi connectivity index (χ4v) is 1.59. The maximum absolute atomic E-state index is 8.81. The second kappa shape index (κ2) is 4.49. The van der Waals surface area contributed by atoms with E-state index in [2.05, 4.69) is 15.4 Å². The SMILES string of the molecule is Cc1cccn2nc(NC(C)CCO)nc12. The largest absolute Gasteiger partial charge is 0.396 e. The molecular formula is C11H16N4O. The van der Waals surface area contributed by atoms with Gasteiger partial charge in [0, 0.05) is 18.8 Å². The van der Waals surface area contributed by atoms with Crippen LogP contribution in [0.25, 0.3) is 5.65 Å². The number of anilines is 1. The molecule has 1 unspecified atom stereocenters. The molecule has 0 radical (unpaired) electrons. The summed E-state index contributed by atoms with van der Waals surface area (Å²) < 4.78 is 1.75. The van der Waals surface area contributed by atoms with Crippen LogP contribution in [0.3, 0.4) is 0 Å².